The van der Waals surface area contributed by atoms with E-state index >= 15 is 0 Å². The van der Waals surface area contributed by atoms with Gasteiger partial charge in [0.25, 0.3) is 0 Å². The Hall–Kier alpha value is -1.75. The van der Waals surface area contributed by atoms with Gasteiger partial charge in [-0.2, -0.15) is 0 Å². The summed E-state index contributed by atoms with van der Waals surface area (Å²) in [7, 11) is 0. The molecule has 0 aliphatic heterocycles. The van der Waals surface area contributed by atoms with Crippen molar-refractivity contribution in [3.05, 3.63) is 10.4 Å². The average Bonchev–Trinajstić information content (AvgIpc) is 2.14. The number of aliphatic carboxylic acids is 1. The van der Waals surface area contributed by atoms with Gasteiger partial charge in [-0.25, -0.2) is 0 Å². The van der Waals surface area contributed by atoms with Crippen LogP contribution in [-0.2, 0) is 14.3 Å². The Morgan fingerprint density at radius 2 is 2.14 bits per heavy atom. The van der Waals surface area contributed by atoms with E-state index < -0.39 is 11.9 Å². The summed E-state index contributed by atoms with van der Waals surface area (Å²) in [6.07, 6.45) is 0.0922. The monoisotopic (exact) mass is 201 g/mol. The molecule has 0 aromatic rings. The molecule has 0 aromatic carbocycles. The summed E-state index contributed by atoms with van der Waals surface area (Å²) in [5, 5.41) is 11.5. The normalized spacial score (nSPS) is 8.86. The van der Waals surface area contributed by atoms with E-state index in [-0.39, 0.29) is 26.0 Å². The molecule has 0 amide bonds. The van der Waals surface area contributed by atoms with E-state index in [1.54, 1.807) is 0 Å². The van der Waals surface area contributed by atoms with Crippen LogP contribution < -0.4 is 0 Å². The van der Waals surface area contributed by atoms with E-state index in [2.05, 4.69) is 14.8 Å². The third-order valence-corrected chi connectivity index (χ3v) is 1.27. The Labute approximate surface area is 80.3 Å². The van der Waals surface area contributed by atoms with Crippen LogP contribution in [0.2, 0.25) is 0 Å². The van der Waals surface area contributed by atoms with Crippen molar-refractivity contribution >= 4 is 11.9 Å². The van der Waals surface area contributed by atoms with Crippen LogP contribution in [0.1, 0.15) is 19.3 Å². The predicted molar refractivity (Wildman–Crippen MR) is 46.5 cm³/mol. The molecule has 0 bridgehead atoms. The Morgan fingerprint density at radius 1 is 1.43 bits per heavy atom. The highest BCUT2D eigenvalue weighted by atomic mass is 16.5. The molecule has 0 heterocycles. The second kappa shape index (κ2) is 7.88. The number of carboxylic acid groups (broad SMARTS) is 1. The third kappa shape index (κ3) is 8.35. The molecule has 0 rings (SSSR count). The van der Waals surface area contributed by atoms with Gasteiger partial charge in [0.2, 0.25) is 0 Å². The molecule has 0 radical (unpaired) electrons. The largest absolute Gasteiger partial charge is 0.481 e. The first-order valence-corrected chi connectivity index (χ1v) is 4.05. The fourth-order valence-electron chi connectivity index (χ4n) is 0.647. The summed E-state index contributed by atoms with van der Waals surface area (Å²) in [6, 6.07) is 0. The van der Waals surface area contributed by atoms with Gasteiger partial charge in [0.15, 0.2) is 0 Å². The van der Waals surface area contributed by atoms with Crippen molar-refractivity contribution in [1.82, 2.24) is 0 Å². The first-order valence-electron chi connectivity index (χ1n) is 4.05. The highest BCUT2D eigenvalue weighted by Gasteiger charge is 2.05. The molecule has 1 N–H and O–H groups in total. The fourth-order valence-corrected chi connectivity index (χ4v) is 0.647. The summed E-state index contributed by atoms with van der Waals surface area (Å²) in [6.45, 7) is 0.417. The molecular weight excluding hydrogens is 190 g/mol. The van der Waals surface area contributed by atoms with Crippen molar-refractivity contribution in [3.8, 4) is 0 Å². The number of ether oxygens (including phenoxy) is 1. The number of carbonyl (C=O) groups excluding carboxylic acids is 1. The number of carboxylic acids is 1. The topological polar surface area (TPSA) is 112 Å². The summed E-state index contributed by atoms with van der Waals surface area (Å²) in [5.74, 6) is -1.58. The SMILES string of the molecule is [N-]=[N+]=NCCCOC(=O)CCC(=O)O. The summed E-state index contributed by atoms with van der Waals surface area (Å²) >= 11 is 0. The van der Waals surface area contributed by atoms with E-state index in [9.17, 15) is 9.59 Å². The number of hydrogen-bond donors (Lipinski definition) is 1. The maximum absolute atomic E-state index is 10.8. The minimum absolute atomic E-state index is 0.128. The molecule has 0 aliphatic rings. The van der Waals surface area contributed by atoms with E-state index in [4.69, 9.17) is 10.6 Å². The van der Waals surface area contributed by atoms with Gasteiger partial charge in [0.1, 0.15) is 0 Å². The maximum atomic E-state index is 10.8. The Morgan fingerprint density at radius 3 is 2.71 bits per heavy atom. The predicted octanol–water partition coefficient (Wildman–Crippen LogP) is 1.09. The molecule has 7 heteroatoms. The summed E-state index contributed by atoms with van der Waals surface area (Å²) in [4.78, 5) is 23.4. The molecule has 0 fully saturated rings. The fraction of sp³-hybridized carbons (Fsp3) is 0.714. The van der Waals surface area contributed by atoms with Crippen LogP contribution in [0.5, 0.6) is 0 Å². The first-order chi connectivity index (χ1) is 6.66. The van der Waals surface area contributed by atoms with Crippen molar-refractivity contribution in [2.45, 2.75) is 19.3 Å². The molecule has 78 valence electrons. The highest BCUT2D eigenvalue weighted by molar-refractivity contribution is 5.76. The quantitative estimate of drug-likeness (QED) is 0.218. The highest BCUT2D eigenvalue weighted by Crippen LogP contribution is 1.94. The van der Waals surface area contributed by atoms with Gasteiger partial charge < -0.3 is 9.84 Å². The van der Waals surface area contributed by atoms with Crippen LogP contribution in [0.15, 0.2) is 5.11 Å². The lowest BCUT2D eigenvalue weighted by atomic mass is 10.3. The Kier molecular flexibility index (Phi) is 6.89. The van der Waals surface area contributed by atoms with Crippen LogP contribution in [0.3, 0.4) is 0 Å². The van der Waals surface area contributed by atoms with Gasteiger partial charge in [0.05, 0.1) is 19.4 Å². The molecular formula is C7H11N3O4. The van der Waals surface area contributed by atoms with Crippen molar-refractivity contribution in [1.29, 1.82) is 0 Å². The minimum atomic E-state index is -1.03. The molecule has 0 unspecified atom stereocenters. The maximum Gasteiger partial charge on any atom is 0.306 e. The second-order valence-corrected chi connectivity index (χ2v) is 2.42. The van der Waals surface area contributed by atoms with Gasteiger partial charge in [-0.3, -0.25) is 9.59 Å². The van der Waals surface area contributed by atoms with Crippen LogP contribution in [0, 0.1) is 0 Å². The van der Waals surface area contributed by atoms with Crippen molar-refractivity contribution in [2.24, 2.45) is 5.11 Å². The van der Waals surface area contributed by atoms with E-state index in [1.807, 2.05) is 0 Å². The number of nitrogens with zero attached hydrogens (tertiary/aromatic N) is 3. The van der Waals surface area contributed by atoms with E-state index in [0.717, 1.165) is 0 Å². The van der Waals surface area contributed by atoms with Crippen molar-refractivity contribution < 1.29 is 19.4 Å². The zero-order chi connectivity index (χ0) is 10.8. The minimum Gasteiger partial charge on any atom is -0.481 e. The van der Waals surface area contributed by atoms with Crippen LogP contribution in [-0.4, -0.2) is 30.2 Å². The average molecular weight is 201 g/mol. The van der Waals surface area contributed by atoms with E-state index in [1.165, 1.54) is 0 Å². The smallest absolute Gasteiger partial charge is 0.306 e. The molecule has 0 atom stereocenters. The number of azide groups is 1. The van der Waals surface area contributed by atoms with Crippen molar-refractivity contribution in [3.63, 3.8) is 0 Å². The molecule has 0 saturated carbocycles. The zero-order valence-corrected chi connectivity index (χ0v) is 7.55. The van der Waals surface area contributed by atoms with Gasteiger partial charge in [-0.15, -0.1) is 0 Å². The van der Waals surface area contributed by atoms with Crippen LogP contribution >= 0.6 is 0 Å². The lowest BCUT2D eigenvalue weighted by Gasteiger charge is -2.01. The standard InChI is InChI=1S/C7H11N3O4/c8-10-9-4-1-5-14-7(13)3-2-6(11)12/h1-5H2,(H,11,12). The molecule has 7 nitrogen and oxygen atoms in total. The molecule has 0 spiro atoms. The van der Waals surface area contributed by atoms with Crippen molar-refractivity contribution in [2.75, 3.05) is 13.2 Å². The van der Waals surface area contributed by atoms with Gasteiger partial charge in [-0.1, -0.05) is 5.11 Å². The zero-order valence-electron chi connectivity index (χ0n) is 7.55. The molecule has 14 heavy (non-hydrogen) atoms. The third-order valence-electron chi connectivity index (χ3n) is 1.27. The van der Waals surface area contributed by atoms with Gasteiger partial charge in [0, 0.05) is 11.5 Å². The second-order valence-electron chi connectivity index (χ2n) is 2.42. The van der Waals surface area contributed by atoms with Gasteiger partial charge >= 0.3 is 11.9 Å². The van der Waals surface area contributed by atoms with Crippen LogP contribution in [0.4, 0.5) is 0 Å². The van der Waals surface area contributed by atoms with Crippen LogP contribution in [0.25, 0.3) is 10.4 Å². The van der Waals surface area contributed by atoms with Gasteiger partial charge in [-0.05, 0) is 12.0 Å². The molecule has 0 aromatic heterocycles. The number of carbonyl (C=O) groups is 2. The van der Waals surface area contributed by atoms with E-state index in [0.29, 0.717) is 6.42 Å². The Bertz CT molecular complexity index is 247. The lowest BCUT2D eigenvalue weighted by molar-refractivity contribution is -0.147. The lowest BCUT2D eigenvalue weighted by Crippen LogP contribution is -2.08. The molecule has 0 aliphatic carbocycles. The first kappa shape index (κ1) is 12.2. The summed E-state index contributed by atoms with van der Waals surface area (Å²) < 4.78 is 4.65. The Balaban J connectivity index is 3.35. The number of rotatable bonds is 7. The molecule has 0 saturated heterocycles. The number of hydrogen-bond acceptors (Lipinski definition) is 4. The number of esters is 1. The summed E-state index contributed by atoms with van der Waals surface area (Å²) in [5.41, 5.74) is 7.91.